The van der Waals surface area contributed by atoms with Crippen molar-refractivity contribution in [1.29, 1.82) is 0 Å². The molecule has 0 aliphatic heterocycles. The third kappa shape index (κ3) is 3.01. The van der Waals surface area contributed by atoms with Crippen LogP contribution in [0.4, 0.5) is 4.39 Å². The minimum atomic E-state index is -0.493. The Labute approximate surface area is 127 Å². The monoisotopic (exact) mass is 293 g/mol. The largest absolute Gasteiger partial charge is 0.438 e. The Kier molecular flexibility index (Phi) is 3.92. The van der Waals surface area contributed by atoms with Crippen LogP contribution < -0.4 is 4.74 Å². The Hall–Kier alpha value is -3.01. The van der Waals surface area contributed by atoms with Crippen molar-refractivity contribution in [1.82, 2.24) is 4.98 Å². The van der Waals surface area contributed by atoms with E-state index in [9.17, 15) is 9.18 Å². The van der Waals surface area contributed by atoms with Gasteiger partial charge < -0.3 is 4.74 Å². The second-order valence-electron chi connectivity index (χ2n) is 4.61. The molecule has 0 saturated heterocycles. The molecule has 0 spiro atoms. The van der Waals surface area contributed by atoms with E-state index in [1.165, 1.54) is 18.2 Å². The number of pyridine rings is 1. The molecule has 0 fully saturated rings. The molecule has 0 bridgehead atoms. The van der Waals surface area contributed by atoms with Gasteiger partial charge >= 0.3 is 0 Å². The van der Waals surface area contributed by atoms with Crippen molar-refractivity contribution < 1.29 is 13.9 Å². The fourth-order valence-electron chi connectivity index (χ4n) is 2.03. The molecule has 3 nitrogen and oxygen atoms in total. The molecule has 1 heterocycles. The molecule has 0 aliphatic rings. The average molecular weight is 293 g/mol. The highest BCUT2D eigenvalue weighted by atomic mass is 19.1. The molecule has 108 valence electrons. The summed E-state index contributed by atoms with van der Waals surface area (Å²) in [7, 11) is 0. The SMILES string of the molecule is O=C(c1ccccc1)c1cc(F)ccc1Oc1ccccn1. The number of nitrogens with zero attached hydrogens (tertiary/aromatic N) is 1. The molecule has 0 aliphatic carbocycles. The van der Waals surface area contributed by atoms with Crippen LogP contribution in [0.15, 0.2) is 72.9 Å². The van der Waals surface area contributed by atoms with Crippen LogP contribution in [0.2, 0.25) is 0 Å². The molecule has 0 N–H and O–H groups in total. The van der Waals surface area contributed by atoms with Gasteiger partial charge in [0.25, 0.3) is 0 Å². The molecule has 4 heteroatoms. The van der Waals surface area contributed by atoms with Crippen molar-refractivity contribution in [2.24, 2.45) is 0 Å². The lowest BCUT2D eigenvalue weighted by Gasteiger charge is -2.10. The molecule has 1 aromatic heterocycles. The number of carbonyl (C=O) groups is 1. The Morgan fingerprint density at radius 2 is 1.73 bits per heavy atom. The fraction of sp³-hybridized carbons (Fsp3) is 0. The Balaban J connectivity index is 2.00. The minimum Gasteiger partial charge on any atom is -0.438 e. The maximum Gasteiger partial charge on any atom is 0.219 e. The summed E-state index contributed by atoms with van der Waals surface area (Å²) in [5, 5.41) is 0. The van der Waals surface area contributed by atoms with E-state index in [2.05, 4.69) is 4.98 Å². The molecular formula is C18H12FNO2. The van der Waals surface area contributed by atoms with Gasteiger partial charge in [-0.2, -0.15) is 0 Å². The zero-order valence-electron chi connectivity index (χ0n) is 11.6. The van der Waals surface area contributed by atoms with Gasteiger partial charge in [-0.25, -0.2) is 9.37 Å². The quantitative estimate of drug-likeness (QED) is 0.675. The van der Waals surface area contributed by atoms with Gasteiger partial charge in [0.15, 0.2) is 5.78 Å². The molecule has 0 saturated carbocycles. The van der Waals surface area contributed by atoms with Crippen LogP contribution in [-0.4, -0.2) is 10.8 Å². The van der Waals surface area contributed by atoms with Crippen molar-refractivity contribution in [2.45, 2.75) is 0 Å². The van der Waals surface area contributed by atoms with Gasteiger partial charge in [-0.1, -0.05) is 36.4 Å². The number of benzene rings is 2. The smallest absolute Gasteiger partial charge is 0.219 e. The fourth-order valence-corrected chi connectivity index (χ4v) is 2.03. The van der Waals surface area contributed by atoms with E-state index < -0.39 is 5.82 Å². The van der Waals surface area contributed by atoms with E-state index >= 15 is 0 Å². The predicted molar refractivity (Wildman–Crippen MR) is 80.6 cm³/mol. The van der Waals surface area contributed by atoms with Crippen LogP contribution >= 0.6 is 0 Å². The summed E-state index contributed by atoms with van der Waals surface area (Å²) in [6.07, 6.45) is 1.58. The third-order valence-electron chi connectivity index (χ3n) is 3.07. The lowest BCUT2D eigenvalue weighted by atomic mass is 10.0. The van der Waals surface area contributed by atoms with Crippen molar-refractivity contribution in [3.63, 3.8) is 0 Å². The molecule has 3 rings (SSSR count). The zero-order chi connectivity index (χ0) is 15.4. The van der Waals surface area contributed by atoms with E-state index in [1.807, 2.05) is 6.07 Å². The summed E-state index contributed by atoms with van der Waals surface area (Å²) in [4.78, 5) is 16.6. The number of halogens is 1. The molecule has 0 radical (unpaired) electrons. The molecule has 2 aromatic carbocycles. The van der Waals surface area contributed by atoms with Crippen LogP contribution in [0, 0.1) is 5.82 Å². The van der Waals surface area contributed by atoms with Crippen LogP contribution in [0.1, 0.15) is 15.9 Å². The first kappa shape index (κ1) is 13.9. The maximum absolute atomic E-state index is 13.5. The Morgan fingerprint density at radius 3 is 2.45 bits per heavy atom. The minimum absolute atomic E-state index is 0.164. The summed E-state index contributed by atoms with van der Waals surface area (Å²) >= 11 is 0. The summed E-state index contributed by atoms with van der Waals surface area (Å²) in [5.74, 6) is -0.177. The van der Waals surface area contributed by atoms with Crippen molar-refractivity contribution in [3.05, 3.63) is 89.9 Å². The van der Waals surface area contributed by atoms with Crippen LogP contribution in [0.25, 0.3) is 0 Å². The summed E-state index contributed by atoms with van der Waals surface area (Å²) in [5.41, 5.74) is 0.635. The highest BCUT2D eigenvalue weighted by molar-refractivity contribution is 6.10. The number of hydrogen-bond acceptors (Lipinski definition) is 3. The standard InChI is InChI=1S/C18H12FNO2/c19-14-9-10-16(22-17-8-4-5-11-20-17)15(12-14)18(21)13-6-2-1-3-7-13/h1-12H. The second-order valence-corrected chi connectivity index (χ2v) is 4.61. The van der Waals surface area contributed by atoms with Gasteiger partial charge in [0.2, 0.25) is 5.88 Å². The number of ketones is 1. The summed E-state index contributed by atoms with van der Waals surface area (Å²) in [6, 6.07) is 17.7. The van der Waals surface area contributed by atoms with Crippen molar-refractivity contribution in [3.8, 4) is 11.6 Å². The zero-order valence-corrected chi connectivity index (χ0v) is 11.6. The Morgan fingerprint density at radius 1 is 0.955 bits per heavy atom. The second kappa shape index (κ2) is 6.18. The van der Waals surface area contributed by atoms with E-state index in [0.29, 0.717) is 11.4 Å². The molecule has 0 amide bonds. The van der Waals surface area contributed by atoms with Crippen LogP contribution in [0.3, 0.4) is 0 Å². The van der Waals surface area contributed by atoms with E-state index in [0.717, 1.165) is 0 Å². The van der Waals surface area contributed by atoms with Gasteiger partial charge in [-0.05, 0) is 24.3 Å². The first-order valence-corrected chi connectivity index (χ1v) is 6.72. The molecule has 3 aromatic rings. The first-order chi connectivity index (χ1) is 10.7. The van der Waals surface area contributed by atoms with E-state index in [4.69, 9.17) is 4.74 Å². The van der Waals surface area contributed by atoms with Crippen molar-refractivity contribution in [2.75, 3.05) is 0 Å². The number of aromatic nitrogens is 1. The highest BCUT2D eigenvalue weighted by Crippen LogP contribution is 2.27. The normalized spacial score (nSPS) is 10.2. The molecular weight excluding hydrogens is 281 g/mol. The number of carbonyl (C=O) groups excluding carboxylic acids is 1. The summed E-state index contributed by atoms with van der Waals surface area (Å²) in [6.45, 7) is 0. The van der Waals surface area contributed by atoms with Gasteiger partial charge in [0.05, 0.1) is 5.56 Å². The van der Waals surface area contributed by atoms with E-state index in [1.54, 1.807) is 48.7 Å². The molecule has 0 unspecified atom stereocenters. The van der Waals surface area contributed by atoms with Gasteiger partial charge in [0.1, 0.15) is 11.6 Å². The van der Waals surface area contributed by atoms with E-state index in [-0.39, 0.29) is 17.1 Å². The lowest BCUT2D eigenvalue weighted by molar-refractivity contribution is 0.103. The highest BCUT2D eigenvalue weighted by Gasteiger charge is 2.16. The van der Waals surface area contributed by atoms with Gasteiger partial charge in [-0.3, -0.25) is 4.79 Å². The van der Waals surface area contributed by atoms with Gasteiger partial charge in [-0.15, -0.1) is 0 Å². The summed E-state index contributed by atoms with van der Waals surface area (Å²) < 4.78 is 19.1. The average Bonchev–Trinajstić information content (AvgIpc) is 2.57. The molecule has 0 atom stereocenters. The predicted octanol–water partition coefficient (Wildman–Crippen LogP) is 4.24. The number of rotatable bonds is 4. The maximum atomic E-state index is 13.5. The van der Waals surface area contributed by atoms with Gasteiger partial charge in [0, 0.05) is 17.8 Å². The molecule has 22 heavy (non-hydrogen) atoms. The third-order valence-corrected chi connectivity index (χ3v) is 3.07. The first-order valence-electron chi connectivity index (χ1n) is 6.72. The number of ether oxygens (including phenoxy) is 1. The topological polar surface area (TPSA) is 39.2 Å². The Bertz CT molecular complexity index is 789. The lowest BCUT2D eigenvalue weighted by Crippen LogP contribution is -2.04. The van der Waals surface area contributed by atoms with Crippen molar-refractivity contribution >= 4 is 5.78 Å². The van der Waals surface area contributed by atoms with Crippen LogP contribution in [-0.2, 0) is 0 Å². The number of hydrogen-bond donors (Lipinski definition) is 0. The van der Waals surface area contributed by atoms with Crippen LogP contribution in [0.5, 0.6) is 11.6 Å².